The van der Waals surface area contributed by atoms with Crippen LogP contribution in [0.5, 0.6) is 5.75 Å². The summed E-state index contributed by atoms with van der Waals surface area (Å²) in [4.78, 5) is 10.9. The van der Waals surface area contributed by atoms with Crippen molar-refractivity contribution in [3.63, 3.8) is 0 Å². The fourth-order valence-electron chi connectivity index (χ4n) is 1.26. The van der Waals surface area contributed by atoms with Gasteiger partial charge in [0, 0.05) is 12.2 Å². The maximum Gasteiger partial charge on any atom is 0.222 e. The lowest BCUT2D eigenvalue weighted by Crippen LogP contribution is -2.26. The summed E-state index contributed by atoms with van der Waals surface area (Å²) in [7, 11) is 0. The molecule has 0 radical (unpaired) electrons. The lowest BCUT2D eigenvalue weighted by molar-refractivity contribution is -0.120. The summed E-state index contributed by atoms with van der Waals surface area (Å²) in [6, 6.07) is 7.68. The Morgan fingerprint density at radius 3 is 2.59 bits per heavy atom. The van der Waals surface area contributed by atoms with Crippen molar-refractivity contribution < 1.29 is 9.53 Å². The van der Waals surface area contributed by atoms with Crippen LogP contribution < -0.4 is 15.8 Å². The predicted molar refractivity (Wildman–Crippen MR) is 69.1 cm³/mol. The zero-order valence-corrected chi connectivity index (χ0v) is 10.4. The molecule has 3 N–H and O–H groups in total. The van der Waals surface area contributed by atoms with Crippen molar-refractivity contribution in [2.24, 2.45) is 11.7 Å². The van der Waals surface area contributed by atoms with E-state index in [4.69, 9.17) is 10.5 Å². The first kappa shape index (κ1) is 13.4. The van der Waals surface area contributed by atoms with E-state index in [9.17, 15) is 4.79 Å². The second kappa shape index (κ2) is 6.78. The number of rotatable bonds is 7. The molecule has 1 aromatic carbocycles. The number of benzene rings is 1. The Morgan fingerprint density at radius 1 is 1.41 bits per heavy atom. The number of nitrogens with two attached hydrogens (primary N) is 1. The summed E-state index contributed by atoms with van der Waals surface area (Å²) >= 11 is 0. The van der Waals surface area contributed by atoms with Crippen LogP contribution in [-0.4, -0.2) is 19.1 Å². The summed E-state index contributed by atoms with van der Waals surface area (Å²) in [5, 5.41) is 3.15. The van der Waals surface area contributed by atoms with E-state index >= 15 is 0 Å². The molecule has 4 heteroatoms. The summed E-state index contributed by atoms with van der Waals surface area (Å²) in [5.74, 6) is 0.395. The van der Waals surface area contributed by atoms with Crippen LogP contribution in [0.15, 0.2) is 24.3 Å². The number of carbonyl (C=O) groups excluding carboxylic acids is 1. The Hall–Kier alpha value is -1.71. The highest BCUT2D eigenvalue weighted by Crippen LogP contribution is 2.16. The van der Waals surface area contributed by atoms with Crippen molar-refractivity contribution in [1.82, 2.24) is 0 Å². The van der Waals surface area contributed by atoms with E-state index in [1.807, 2.05) is 24.3 Å². The summed E-state index contributed by atoms with van der Waals surface area (Å²) in [5.41, 5.74) is 6.14. The molecule has 0 saturated carbocycles. The fraction of sp³-hybridized carbons (Fsp3) is 0.462. The van der Waals surface area contributed by atoms with Gasteiger partial charge in [0.05, 0.1) is 12.5 Å². The third-order valence-corrected chi connectivity index (χ3v) is 2.43. The minimum absolute atomic E-state index is 0.175. The Bertz CT molecular complexity index is 349. The number of hydrogen-bond acceptors (Lipinski definition) is 3. The number of ether oxygens (including phenoxy) is 1. The largest absolute Gasteiger partial charge is 0.494 e. The molecule has 1 rings (SSSR count). The predicted octanol–water partition coefficient (Wildman–Crippen LogP) is 2.01. The Balaban J connectivity index is 2.42. The Morgan fingerprint density at radius 2 is 2.06 bits per heavy atom. The molecule has 0 saturated heterocycles. The third kappa shape index (κ3) is 4.76. The summed E-state index contributed by atoms with van der Waals surface area (Å²) in [6.45, 7) is 5.14. The maximum atomic E-state index is 10.9. The molecule has 0 aliphatic rings. The van der Waals surface area contributed by atoms with Crippen LogP contribution in [0, 0.1) is 5.92 Å². The van der Waals surface area contributed by atoms with Gasteiger partial charge in [-0.15, -0.1) is 0 Å². The van der Waals surface area contributed by atoms with Crippen molar-refractivity contribution in [3.05, 3.63) is 24.3 Å². The van der Waals surface area contributed by atoms with Gasteiger partial charge in [0.2, 0.25) is 5.91 Å². The van der Waals surface area contributed by atoms with Crippen molar-refractivity contribution in [2.75, 3.05) is 18.5 Å². The lowest BCUT2D eigenvalue weighted by atomic mass is 10.1. The van der Waals surface area contributed by atoms with E-state index < -0.39 is 0 Å². The zero-order valence-electron chi connectivity index (χ0n) is 10.4. The van der Waals surface area contributed by atoms with Crippen LogP contribution in [0.4, 0.5) is 5.69 Å². The van der Waals surface area contributed by atoms with Gasteiger partial charge in [-0.25, -0.2) is 0 Å². The van der Waals surface area contributed by atoms with Gasteiger partial charge in [-0.3, -0.25) is 4.79 Å². The second-order valence-corrected chi connectivity index (χ2v) is 4.06. The molecule has 0 fully saturated rings. The number of nitrogens with one attached hydrogen (secondary N) is 1. The van der Waals surface area contributed by atoms with E-state index in [0.29, 0.717) is 6.54 Å². The van der Waals surface area contributed by atoms with Crippen LogP contribution >= 0.6 is 0 Å². The molecule has 0 aliphatic carbocycles. The molecule has 0 bridgehead atoms. The first-order chi connectivity index (χ1) is 8.13. The van der Waals surface area contributed by atoms with Gasteiger partial charge in [0.15, 0.2) is 0 Å². The lowest BCUT2D eigenvalue weighted by Gasteiger charge is -2.11. The number of primary amides is 1. The molecule has 1 aromatic rings. The Labute approximate surface area is 102 Å². The van der Waals surface area contributed by atoms with E-state index in [1.54, 1.807) is 6.92 Å². The number of anilines is 1. The highest BCUT2D eigenvalue weighted by atomic mass is 16.5. The van der Waals surface area contributed by atoms with Crippen molar-refractivity contribution in [2.45, 2.75) is 20.3 Å². The molecule has 94 valence electrons. The van der Waals surface area contributed by atoms with Crippen LogP contribution in [-0.2, 0) is 4.79 Å². The van der Waals surface area contributed by atoms with E-state index in [2.05, 4.69) is 12.2 Å². The second-order valence-electron chi connectivity index (χ2n) is 4.06. The van der Waals surface area contributed by atoms with Crippen molar-refractivity contribution in [3.8, 4) is 5.75 Å². The van der Waals surface area contributed by atoms with Crippen LogP contribution in [0.1, 0.15) is 20.3 Å². The Kier molecular flexibility index (Phi) is 5.33. The van der Waals surface area contributed by atoms with Gasteiger partial charge in [-0.2, -0.15) is 0 Å². The monoisotopic (exact) mass is 236 g/mol. The van der Waals surface area contributed by atoms with Gasteiger partial charge in [0.1, 0.15) is 5.75 Å². The molecule has 0 aromatic heterocycles. The standard InChI is InChI=1S/C13H20N2O2/c1-3-8-17-12-6-4-11(5-7-12)15-9-10(2)13(14)16/h4-7,10,15H,3,8-9H2,1-2H3,(H2,14,16). The first-order valence-corrected chi connectivity index (χ1v) is 5.89. The molecular formula is C13H20N2O2. The molecule has 0 spiro atoms. The molecular weight excluding hydrogens is 216 g/mol. The molecule has 17 heavy (non-hydrogen) atoms. The van der Waals surface area contributed by atoms with Crippen molar-refractivity contribution in [1.29, 1.82) is 0 Å². The van der Waals surface area contributed by atoms with E-state index in [-0.39, 0.29) is 11.8 Å². The average Bonchev–Trinajstić information content (AvgIpc) is 2.34. The smallest absolute Gasteiger partial charge is 0.222 e. The van der Waals surface area contributed by atoms with E-state index in [1.165, 1.54) is 0 Å². The summed E-state index contributed by atoms with van der Waals surface area (Å²) < 4.78 is 5.47. The van der Waals surface area contributed by atoms with Gasteiger partial charge in [-0.1, -0.05) is 13.8 Å². The topological polar surface area (TPSA) is 64.3 Å². The fourth-order valence-corrected chi connectivity index (χ4v) is 1.26. The molecule has 1 atom stereocenters. The van der Waals surface area contributed by atoms with Crippen LogP contribution in [0.3, 0.4) is 0 Å². The third-order valence-electron chi connectivity index (χ3n) is 2.43. The number of carbonyl (C=O) groups is 1. The van der Waals surface area contributed by atoms with Crippen LogP contribution in [0.2, 0.25) is 0 Å². The van der Waals surface area contributed by atoms with Gasteiger partial charge >= 0.3 is 0 Å². The SMILES string of the molecule is CCCOc1ccc(NCC(C)C(N)=O)cc1. The van der Waals surface area contributed by atoms with Gasteiger partial charge in [-0.05, 0) is 30.7 Å². The molecule has 0 aliphatic heterocycles. The average molecular weight is 236 g/mol. The van der Waals surface area contributed by atoms with Gasteiger partial charge < -0.3 is 15.8 Å². The minimum atomic E-state index is -0.291. The molecule has 4 nitrogen and oxygen atoms in total. The highest BCUT2D eigenvalue weighted by molar-refractivity contribution is 5.76. The van der Waals surface area contributed by atoms with Crippen LogP contribution in [0.25, 0.3) is 0 Å². The molecule has 1 amide bonds. The van der Waals surface area contributed by atoms with Crippen molar-refractivity contribution >= 4 is 11.6 Å². The first-order valence-electron chi connectivity index (χ1n) is 5.89. The molecule has 1 unspecified atom stereocenters. The molecule has 0 heterocycles. The zero-order chi connectivity index (χ0) is 12.7. The number of amides is 1. The van der Waals surface area contributed by atoms with E-state index in [0.717, 1.165) is 24.5 Å². The quantitative estimate of drug-likeness (QED) is 0.761. The number of hydrogen-bond donors (Lipinski definition) is 2. The summed E-state index contributed by atoms with van der Waals surface area (Å²) in [6.07, 6.45) is 0.996. The maximum absolute atomic E-state index is 10.9. The minimum Gasteiger partial charge on any atom is -0.494 e. The normalized spacial score (nSPS) is 11.9. The highest BCUT2D eigenvalue weighted by Gasteiger charge is 2.07. The van der Waals surface area contributed by atoms with Gasteiger partial charge in [0.25, 0.3) is 0 Å².